The van der Waals surface area contributed by atoms with E-state index in [1.807, 2.05) is 0 Å². The van der Waals surface area contributed by atoms with Gasteiger partial charge < -0.3 is 9.84 Å². The molecule has 1 fully saturated rings. The van der Waals surface area contributed by atoms with Crippen molar-refractivity contribution in [2.24, 2.45) is 0 Å². The molecule has 0 spiro atoms. The van der Waals surface area contributed by atoms with Crippen LogP contribution < -0.4 is 4.72 Å². The summed E-state index contributed by atoms with van der Waals surface area (Å²) in [6, 6.07) is 5.67. The Balaban J connectivity index is 2.15. The van der Waals surface area contributed by atoms with Crippen molar-refractivity contribution in [3.05, 3.63) is 29.8 Å². The molecular formula is C11H14N2O5S. The maximum atomic E-state index is 12.0. The van der Waals surface area contributed by atoms with Gasteiger partial charge in [-0.2, -0.15) is 12.7 Å². The first-order chi connectivity index (χ1) is 8.99. The molecule has 1 aromatic rings. The molecule has 7 nitrogen and oxygen atoms in total. The molecule has 8 heteroatoms. The van der Waals surface area contributed by atoms with Crippen molar-refractivity contribution in [2.45, 2.75) is 0 Å². The highest BCUT2D eigenvalue weighted by atomic mass is 32.2. The number of nitrogens with one attached hydrogen (secondary N) is 1. The van der Waals surface area contributed by atoms with Gasteiger partial charge in [-0.25, -0.2) is 4.79 Å². The Morgan fingerprint density at radius 2 is 2.00 bits per heavy atom. The lowest BCUT2D eigenvalue weighted by atomic mass is 10.2. The van der Waals surface area contributed by atoms with Crippen LogP contribution in [0.2, 0.25) is 0 Å². The Morgan fingerprint density at radius 1 is 1.32 bits per heavy atom. The minimum absolute atomic E-state index is 0.0298. The molecule has 1 aliphatic rings. The molecule has 0 bridgehead atoms. The Morgan fingerprint density at radius 3 is 2.63 bits per heavy atom. The monoisotopic (exact) mass is 286 g/mol. The van der Waals surface area contributed by atoms with E-state index in [-0.39, 0.29) is 24.3 Å². The minimum Gasteiger partial charge on any atom is -0.478 e. The zero-order valence-corrected chi connectivity index (χ0v) is 10.9. The van der Waals surface area contributed by atoms with Gasteiger partial charge in [-0.15, -0.1) is 0 Å². The lowest BCUT2D eigenvalue weighted by Crippen LogP contribution is -2.43. The summed E-state index contributed by atoms with van der Waals surface area (Å²) in [6.07, 6.45) is 0. The predicted molar refractivity (Wildman–Crippen MR) is 68.3 cm³/mol. The number of carboxylic acids is 1. The minimum atomic E-state index is -3.67. The van der Waals surface area contributed by atoms with E-state index in [4.69, 9.17) is 9.84 Å². The largest absolute Gasteiger partial charge is 0.478 e. The summed E-state index contributed by atoms with van der Waals surface area (Å²) in [5, 5.41) is 8.85. The Labute approximate surface area is 111 Å². The van der Waals surface area contributed by atoms with E-state index < -0.39 is 16.2 Å². The highest BCUT2D eigenvalue weighted by Gasteiger charge is 2.24. The highest BCUT2D eigenvalue weighted by molar-refractivity contribution is 7.90. The van der Waals surface area contributed by atoms with Crippen LogP contribution in [0.3, 0.4) is 0 Å². The fourth-order valence-corrected chi connectivity index (χ4v) is 2.90. The van der Waals surface area contributed by atoms with Gasteiger partial charge >= 0.3 is 16.2 Å². The molecule has 0 unspecified atom stereocenters. The van der Waals surface area contributed by atoms with Crippen LogP contribution in [0.1, 0.15) is 10.4 Å². The maximum absolute atomic E-state index is 12.0. The second-order valence-corrected chi connectivity index (χ2v) is 5.68. The maximum Gasteiger partial charge on any atom is 0.335 e. The topological polar surface area (TPSA) is 95.9 Å². The first-order valence-corrected chi connectivity index (χ1v) is 7.12. The summed E-state index contributed by atoms with van der Waals surface area (Å²) in [5.41, 5.74) is 0.258. The van der Waals surface area contributed by atoms with E-state index in [1.54, 1.807) is 0 Å². The molecule has 19 heavy (non-hydrogen) atoms. The molecule has 1 saturated heterocycles. The Hall–Kier alpha value is -1.64. The molecule has 2 rings (SSSR count). The molecule has 1 heterocycles. The second kappa shape index (κ2) is 5.55. The molecule has 0 aromatic heterocycles. The molecule has 0 atom stereocenters. The van der Waals surface area contributed by atoms with E-state index in [2.05, 4.69) is 4.72 Å². The van der Waals surface area contributed by atoms with E-state index in [0.717, 1.165) is 0 Å². The molecule has 0 aliphatic carbocycles. The van der Waals surface area contributed by atoms with Crippen LogP contribution in [-0.4, -0.2) is 50.1 Å². The Kier molecular flexibility index (Phi) is 4.03. The third kappa shape index (κ3) is 3.43. The summed E-state index contributed by atoms with van der Waals surface area (Å²) < 4.78 is 32.8. The summed E-state index contributed by atoms with van der Waals surface area (Å²) in [4.78, 5) is 10.8. The van der Waals surface area contributed by atoms with Gasteiger partial charge in [0, 0.05) is 13.1 Å². The van der Waals surface area contributed by atoms with Crippen molar-refractivity contribution in [2.75, 3.05) is 31.0 Å². The predicted octanol–water partition coefficient (Wildman–Crippen LogP) is 0.374. The third-order valence-corrected chi connectivity index (χ3v) is 4.20. The van der Waals surface area contributed by atoms with E-state index in [1.165, 1.54) is 28.6 Å². The summed E-state index contributed by atoms with van der Waals surface area (Å²) in [6.45, 7) is 1.29. The number of carbonyl (C=O) groups is 1. The quantitative estimate of drug-likeness (QED) is 0.834. The van der Waals surface area contributed by atoms with Crippen LogP contribution in [0.5, 0.6) is 0 Å². The number of benzene rings is 1. The second-order valence-electron chi connectivity index (χ2n) is 4.00. The number of carboxylic acid groups (broad SMARTS) is 1. The van der Waals surface area contributed by atoms with Crippen molar-refractivity contribution in [1.82, 2.24) is 4.31 Å². The highest BCUT2D eigenvalue weighted by Crippen LogP contribution is 2.15. The zero-order valence-electron chi connectivity index (χ0n) is 10.1. The average Bonchev–Trinajstić information content (AvgIpc) is 2.39. The van der Waals surface area contributed by atoms with Crippen LogP contribution in [0.4, 0.5) is 5.69 Å². The van der Waals surface area contributed by atoms with Crippen molar-refractivity contribution >= 4 is 21.9 Å². The fraction of sp³-hybridized carbons (Fsp3) is 0.364. The molecule has 1 aliphatic heterocycles. The number of aromatic carboxylic acids is 1. The smallest absolute Gasteiger partial charge is 0.335 e. The first kappa shape index (κ1) is 13.8. The zero-order chi connectivity index (χ0) is 13.9. The van der Waals surface area contributed by atoms with Crippen LogP contribution in [0.15, 0.2) is 24.3 Å². The Bertz CT molecular complexity index is 566. The average molecular weight is 286 g/mol. The number of nitrogens with zero attached hydrogens (tertiary/aromatic N) is 1. The first-order valence-electron chi connectivity index (χ1n) is 5.68. The van der Waals surface area contributed by atoms with Crippen LogP contribution >= 0.6 is 0 Å². The number of morpholine rings is 1. The summed E-state index contributed by atoms with van der Waals surface area (Å²) >= 11 is 0. The van der Waals surface area contributed by atoms with Gasteiger partial charge in [-0.1, -0.05) is 6.07 Å². The molecule has 104 valence electrons. The van der Waals surface area contributed by atoms with Gasteiger partial charge in [-0.3, -0.25) is 4.72 Å². The SMILES string of the molecule is O=C(O)c1cccc(NS(=O)(=O)N2CCOCC2)c1. The standard InChI is InChI=1S/C11H14N2O5S/c14-11(15)9-2-1-3-10(8-9)12-19(16,17)13-4-6-18-7-5-13/h1-3,8,12H,4-7H2,(H,14,15). The van der Waals surface area contributed by atoms with Gasteiger partial charge in [-0.05, 0) is 18.2 Å². The normalized spacial score (nSPS) is 17.1. The van der Waals surface area contributed by atoms with Gasteiger partial charge in [0.05, 0.1) is 24.5 Å². The van der Waals surface area contributed by atoms with Crippen molar-refractivity contribution in [3.8, 4) is 0 Å². The fourth-order valence-electron chi connectivity index (χ4n) is 1.72. The van der Waals surface area contributed by atoms with Crippen LogP contribution in [0, 0.1) is 0 Å². The van der Waals surface area contributed by atoms with Crippen molar-refractivity contribution < 1.29 is 23.1 Å². The number of anilines is 1. The molecular weight excluding hydrogens is 272 g/mol. The van der Waals surface area contributed by atoms with Gasteiger partial charge in [0.1, 0.15) is 0 Å². The number of hydrogen-bond donors (Lipinski definition) is 2. The van der Waals surface area contributed by atoms with E-state index in [0.29, 0.717) is 13.2 Å². The molecule has 0 saturated carbocycles. The molecule has 0 amide bonds. The number of hydrogen-bond acceptors (Lipinski definition) is 4. The van der Waals surface area contributed by atoms with Crippen molar-refractivity contribution in [1.29, 1.82) is 0 Å². The van der Waals surface area contributed by atoms with Crippen LogP contribution in [0.25, 0.3) is 0 Å². The lowest BCUT2D eigenvalue weighted by molar-refractivity contribution is 0.0697. The van der Waals surface area contributed by atoms with Crippen molar-refractivity contribution in [3.63, 3.8) is 0 Å². The molecule has 2 N–H and O–H groups in total. The number of rotatable bonds is 4. The molecule has 1 aromatic carbocycles. The van der Waals surface area contributed by atoms with Gasteiger partial charge in [0.15, 0.2) is 0 Å². The molecule has 0 radical (unpaired) electrons. The third-order valence-electron chi connectivity index (χ3n) is 2.67. The summed E-state index contributed by atoms with van der Waals surface area (Å²) in [7, 11) is -3.67. The van der Waals surface area contributed by atoms with Crippen LogP contribution in [-0.2, 0) is 14.9 Å². The van der Waals surface area contributed by atoms with E-state index in [9.17, 15) is 13.2 Å². The van der Waals surface area contributed by atoms with Gasteiger partial charge in [0.2, 0.25) is 0 Å². The lowest BCUT2D eigenvalue weighted by Gasteiger charge is -2.26. The number of ether oxygens (including phenoxy) is 1. The van der Waals surface area contributed by atoms with E-state index >= 15 is 0 Å². The summed E-state index contributed by atoms with van der Waals surface area (Å²) in [5.74, 6) is -1.10. The van der Waals surface area contributed by atoms with Gasteiger partial charge in [0.25, 0.3) is 0 Å².